The van der Waals surface area contributed by atoms with Crippen molar-refractivity contribution in [2.75, 3.05) is 52.9 Å². The van der Waals surface area contributed by atoms with Crippen LogP contribution in [0, 0.1) is 5.92 Å². The number of sulfonamides is 1. The second kappa shape index (κ2) is 10.6. The Morgan fingerprint density at radius 2 is 1.73 bits per heavy atom. The second-order valence-corrected chi connectivity index (χ2v) is 10.6. The number of amides is 1. The van der Waals surface area contributed by atoms with Crippen molar-refractivity contribution < 1.29 is 17.9 Å². The van der Waals surface area contributed by atoms with Crippen molar-refractivity contribution in [3.05, 3.63) is 54.4 Å². The van der Waals surface area contributed by atoms with Gasteiger partial charge in [-0.3, -0.25) is 14.7 Å². The fourth-order valence-electron chi connectivity index (χ4n) is 4.52. The van der Waals surface area contributed by atoms with Gasteiger partial charge >= 0.3 is 0 Å². The molecule has 0 bridgehead atoms. The summed E-state index contributed by atoms with van der Waals surface area (Å²) in [6.07, 6.45) is 5.04. The molecule has 4 rings (SSSR count). The van der Waals surface area contributed by atoms with Crippen molar-refractivity contribution >= 4 is 15.9 Å². The van der Waals surface area contributed by atoms with Crippen LogP contribution in [0.2, 0.25) is 0 Å². The van der Waals surface area contributed by atoms with Gasteiger partial charge in [0.2, 0.25) is 15.9 Å². The number of hydrogen-bond acceptors (Lipinski definition) is 6. The molecule has 1 aromatic heterocycles. The zero-order valence-corrected chi connectivity index (χ0v) is 19.9. The molecular weight excluding hydrogens is 440 g/mol. The van der Waals surface area contributed by atoms with Crippen LogP contribution in [0.3, 0.4) is 0 Å². The first-order chi connectivity index (χ1) is 16.0. The molecule has 8 nitrogen and oxygen atoms in total. The Balaban J connectivity index is 1.21. The highest BCUT2D eigenvalue weighted by Gasteiger charge is 2.34. The highest BCUT2D eigenvalue weighted by Crippen LogP contribution is 2.25. The molecule has 1 aromatic carbocycles. The van der Waals surface area contributed by atoms with Crippen molar-refractivity contribution in [3.8, 4) is 5.75 Å². The zero-order chi connectivity index (χ0) is 23.3. The molecule has 0 unspecified atom stereocenters. The summed E-state index contributed by atoms with van der Waals surface area (Å²) in [4.78, 5) is 21.5. The first-order valence-corrected chi connectivity index (χ1v) is 13.0. The van der Waals surface area contributed by atoms with Gasteiger partial charge in [-0.2, -0.15) is 4.31 Å². The molecule has 0 saturated carbocycles. The lowest BCUT2D eigenvalue weighted by Crippen LogP contribution is -2.52. The summed E-state index contributed by atoms with van der Waals surface area (Å²) in [6.45, 7) is 4.92. The van der Waals surface area contributed by atoms with Gasteiger partial charge in [0.05, 0.1) is 7.11 Å². The fourth-order valence-corrected chi connectivity index (χ4v) is 5.96. The summed E-state index contributed by atoms with van der Waals surface area (Å²) in [5.74, 6) is 0.936. The van der Waals surface area contributed by atoms with Crippen molar-refractivity contribution in [1.82, 2.24) is 19.1 Å². The first kappa shape index (κ1) is 23.7. The summed E-state index contributed by atoms with van der Waals surface area (Å²) in [6, 6.07) is 11.4. The number of carbonyl (C=O) groups excluding carboxylic acids is 1. The number of methoxy groups -OCH3 is 1. The highest BCUT2D eigenvalue weighted by atomic mass is 32.2. The summed E-state index contributed by atoms with van der Waals surface area (Å²) in [5, 5.41) is 0. The summed E-state index contributed by atoms with van der Waals surface area (Å²) >= 11 is 0. The van der Waals surface area contributed by atoms with Gasteiger partial charge in [0.25, 0.3) is 0 Å². The minimum Gasteiger partial charge on any atom is -0.497 e. The number of nitrogens with zero attached hydrogens (tertiary/aromatic N) is 4. The summed E-state index contributed by atoms with van der Waals surface area (Å²) in [7, 11) is -1.87. The Bertz CT molecular complexity index is 1010. The van der Waals surface area contributed by atoms with E-state index in [0.717, 1.165) is 44.9 Å². The average molecular weight is 473 g/mol. The van der Waals surface area contributed by atoms with Crippen LogP contribution >= 0.6 is 0 Å². The first-order valence-electron chi connectivity index (χ1n) is 11.5. The molecule has 9 heteroatoms. The molecule has 2 saturated heterocycles. The monoisotopic (exact) mass is 472 g/mol. The van der Waals surface area contributed by atoms with Crippen LogP contribution in [0.1, 0.15) is 18.4 Å². The maximum absolute atomic E-state index is 13.0. The number of aromatic nitrogens is 1. The van der Waals surface area contributed by atoms with Crippen LogP contribution in [-0.4, -0.2) is 86.3 Å². The van der Waals surface area contributed by atoms with Gasteiger partial charge in [-0.25, -0.2) is 8.42 Å². The van der Waals surface area contributed by atoms with E-state index in [-0.39, 0.29) is 16.7 Å². The smallest absolute Gasteiger partial charge is 0.244 e. The minimum absolute atomic E-state index is 0.101. The molecule has 0 aliphatic carbocycles. The van der Waals surface area contributed by atoms with Crippen LogP contribution in [0.15, 0.2) is 53.7 Å². The molecule has 178 valence electrons. The minimum atomic E-state index is -3.54. The summed E-state index contributed by atoms with van der Waals surface area (Å²) < 4.78 is 32.2. The van der Waals surface area contributed by atoms with E-state index in [1.165, 1.54) is 16.1 Å². The third-order valence-electron chi connectivity index (χ3n) is 6.64. The van der Waals surface area contributed by atoms with E-state index in [9.17, 15) is 13.2 Å². The van der Waals surface area contributed by atoms with E-state index in [1.807, 2.05) is 17.0 Å². The van der Waals surface area contributed by atoms with E-state index >= 15 is 0 Å². The molecule has 0 radical (unpaired) electrons. The highest BCUT2D eigenvalue weighted by molar-refractivity contribution is 7.89. The number of hydrogen-bond donors (Lipinski definition) is 0. The number of ether oxygens (including phenoxy) is 1. The van der Waals surface area contributed by atoms with E-state index in [2.05, 4.69) is 22.0 Å². The van der Waals surface area contributed by atoms with Gasteiger partial charge in [0.1, 0.15) is 10.6 Å². The predicted molar refractivity (Wildman–Crippen MR) is 125 cm³/mol. The van der Waals surface area contributed by atoms with E-state index < -0.39 is 10.0 Å². The number of piperazine rings is 1. The van der Waals surface area contributed by atoms with Crippen molar-refractivity contribution in [3.63, 3.8) is 0 Å². The van der Waals surface area contributed by atoms with E-state index in [0.29, 0.717) is 25.9 Å². The average Bonchev–Trinajstić information content (AvgIpc) is 2.88. The third-order valence-corrected chi connectivity index (χ3v) is 8.52. The number of pyridine rings is 1. The zero-order valence-electron chi connectivity index (χ0n) is 19.1. The Morgan fingerprint density at radius 3 is 2.33 bits per heavy atom. The quantitative estimate of drug-likeness (QED) is 0.612. The fraction of sp³-hybridized carbons (Fsp3) is 0.500. The lowest BCUT2D eigenvalue weighted by atomic mass is 9.96. The van der Waals surface area contributed by atoms with Gasteiger partial charge in [-0.15, -0.1) is 0 Å². The number of rotatable bonds is 7. The van der Waals surface area contributed by atoms with Crippen LogP contribution < -0.4 is 4.74 Å². The maximum atomic E-state index is 13.0. The normalized spacial score (nSPS) is 18.9. The molecule has 0 atom stereocenters. The molecule has 33 heavy (non-hydrogen) atoms. The maximum Gasteiger partial charge on any atom is 0.244 e. The second-order valence-electron chi connectivity index (χ2n) is 8.63. The van der Waals surface area contributed by atoms with Crippen molar-refractivity contribution in [2.24, 2.45) is 5.92 Å². The topological polar surface area (TPSA) is 83.0 Å². The number of carbonyl (C=O) groups is 1. The molecule has 2 aliphatic heterocycles. The van der Waals surface area contributed by atoms with E-state index in [1.54, 1.807) is 25.4 Å². The van der Waals surface area contributed by atoms with Gasteiger partial charge in [-0.1, -0.05) is 12.1 Å². The molecule has 0 spiro atoms. The molecule has 2 aliphatic rings. The van der Waals surface area contributed by atoms with Gasteiger partial charge in [-0.05, 0) is 49.1 Å². The van der Waals surface area contributed by atoms with Crippen LogP contribution in [0.25, 0.3) is 0 Å². The standard InChI is InChI=1S/C24H32N4O4S/c1-32-22-6-4-20(5-7-22)8-12-26-15-17-27(18-16-26)24(29)21-9-13-28(14-10-21)33(30,31)23-3-2-11-25-19-23/h2-7,11,19,21H,8-10,12-18H2,1H3. The molecule has 1 amide bonds. The SMILES string of the molecule is COc1ccc(CCN2CCN(C(=O)C3CCN(S(=O)(=O)c4cccnc4)CC3)CC2)cc1. The summed E-state index contributed by atoms with van der Waals surface area (Å²) in [5.41, 5.74) is 1.28. The Morgan fingerprint density at radius 1 is 1.03 bits per heavy atom. The Kier molecular flexibility index (Phi) is 7.62. The Labute approximate surface area is 196 Å². The van der Waals surface area contributed by atoms with Crippen LogP contribution in [-0.2, 0) is 21.2 Å². The number of piperidine rings is 1. The van der Waals surface area contributed by atoms with Crippen molar-refractivity contribution in [1.29, 1.82) is 0 Å². The van der Waals surface area contributed by atoms with E-state index in [4.69, 9.17) is 4.74 Å². The Hall–Kier alpha value is -2.49. The predicted octanol–water partition coefficient (Wildman–Crippen LogP) is 1.88. The number of benzene rings is 1. The van der Waals surface area contributed by atoms with Crippen LogP contribution in [0.5, 0.6) is 5.75 Å². The lowest BCUT2D eigenvalue weighted by molar-refractivity contribution is -0.138. The molecule has 2 aromatic rings. The molecule has 2 fully saturated rings. The largest absolute Gasteiger partial charge is 0.497 e. The van der Waals surface area contributed by atoms with Gasteiger partial charge < -0.3 is 9.64 Å². The van der Waals surface area contributed by atoms with Crippen molar-refractivity contribution in [2.45, 2.75) is 24.2 Å². The lowest BCUT2D eigenvalue weighted by Gasteiger charge is -2.38. The molecular formula is C24H32N4O4S. The van der Waals surface area contributed by atoms with Gasteiger partial charge in [0.15, 0.2) is 0 Å². The van der Waals surface area contributed by atoms with Gasteiger partial charge in [0, 0.05) is 64.1 Å². The van der Waals surface area contributed by atoms with Crippen LogP contribution in [0.4, 0.5) is 0 Å². The molecule has 3 heterocycles. The molecule has 0 N–H and O–H groups in total. The third kappa shape index (κ3) is 5.72.